The Bertz CT molecular complexity index is 742. The number of ether oxygens (including phenoxy) is 1. The van der Waals surface area contributed by atoms with Crippen molar-refractivity contribution >= 4 is 23.3 Å². The molecule has 7 nitrogen and oxygen atoms in total. The largest absolute Gasteiger partial charge is 0.497 e. The SMILES string of the molecule is CC[C@@H](NC(=O)C(=O)Nc1ccc(N(C)C)nc1)c1ccc(OC)cc1. The molecule has 0 unspecified atom stereocenters. The molecule has 2 aromatic rings. The molecular weight excluding hydrogens is 332 g/mol. The van der Waals surface area contributed by atoms with Crippen LogP contribution in [0.1, 0.15) is 24.9 Å². The van der Waals surface area contributed by atoms with E-state index in [-0.39, 0.29) is 6.04 Å². The fraction of sp³-hybridized carbons (Fsp3) is 0.316. The van der Waals surface area contributed by atoms with E-state index in [0.29, 0.717) is 12.1 Å². The van der Waals surface area contributed by atoms with Crippen LogP contribution in [0.15, 0.2) is 42.6 Å². The summed E-state index contributed by atoms with van der Waals surface area (Å²) < 4.78 is 5.13. The molecule has 2 rings (SSSR count). The van der Waals surface area contributed by atoms with Gasteiger partial charge in [0.15, 0.2) is 0 Å². The molecule has 0 aliphatic rings. The van der Waals surface area contributed by atoms with E-state index < -0.39 is 11.8 Å². The van der Waals surface area contributed by atoms with Crippen molar-refractivity contribution in [1.29, 1.82) is 0 Å². The van der Waals surface area contributed by atoms with Crippen LogP contribution in [0, 0.1) is 0 Å². The molecular formula is C19H24N4O3. The lowest BCUT2D eigenvalue weighted by Crippen LogP contribution is -2.37. The molecule has 0 saturated carbocycles. The fourth-order valence-electron chi connectivity index (χ4n) is 2.39. The Morgan fingerprint density at radius 3 is 2.31 bits per heavy atom. The highest BCUT2D eigenvalue weighted by atomic mass is 16.5. The Labute approximate surface area is 153 Å². The minimum atomic E-state index is -0.726. The summed E-state index contributed by atoms with van der Waals surface area (Å²) in [6.07, 6.45) is 2.17. The highest BCUT2D eigenvalue weighted by Gasteiger charge is 2.19. The van der Waals surface area contributed by atoms with E-state index in [0.717, 1.165) is 17.1 Å². The van der Waals surface area contributed by atoms with Gasteiger partial charge in [0, 0.05) is 14.1 Å². The number of rotatable bonds is 6. The Hall–Kier alpha value is -3.09. The van der Waals surface area contributed by atoms with E-state index in [9.17, 15) is 9.59 Å². The number of anilines is 2. The first-order valence-electron chi connectivity index (χ1n) is 8.33. The van der Waals surface area contributed by atoms with Crippen LogP contribution >= 0.6 is 0 Å². The lowest BCUT2D eigenvalue weighted by atomic mass is 10.0. The number of aromatic nitrogens is 1. The zero-order chi connectivity index (χ0) is 19.1. The van der Waals surface area contributed by atoms with Crippen molar-refractivity contribution in [3.63, 3.8) is 0 Å². The molecule has 0 radical (unpaired) electrons. The van der Waals surface area contributed by atoms with Crippen LogP contribution in [0.4, 0.5) is 11.5 Å². The van der Waals surface area contributed by atoms with Crippen molar-refractivity contribution in [1.82, 2.24) is 10.3 Å². The first-order chi connectivity index (χ1) is 12.4. The second kappa shape index (κ2) is 8.84. The summed E-state index contributed by atoms with van der Waals surface area (Å²) in [6.45, 7) is 1.94. The van der Waals surface area contributed by atoms with Crippen LogP contribution in [0.5, 0.6) is 5.75 Å². The molecule has 26 heavy (non-hydrogen) atoms. The summed E-state index contributed by atoms with van der Waals surface area (Å²) in [5.41, 5.74) is 1.37. The van der Waals surface area contributed by atoms with E-state index in [1.165, 1.54) is 6.20 Å². The van der Waals surface area contributed by atoms with Gasteiger partial charge >= 0.3 is 11.8 Å². The van der Waals surface area contributed by atoms with Gasteiger partial charge < -0.3 is 20.3 Å². The molecule has 0 bridgehead atoms. The van der Waals surface area contributed by atoms with Gasteiger partial charge in [0.05, 0.1) is 25.0 Å². The molecule has 2 amide bonds. The summed E-state index contributed by atoms with van der Waals surface area (Å²) in [6, 6.07) is 10.6. The van der Waals surface area contributed by atoms with Crippen LogP contribution in [0.2, 0.25) is 0 Å². The maximum Gasteiger partial charge on any atom is 0.313 e. The van der Waals surface area contributed by atoms with Gasteiger partial charge in [-0.05, 0) is 36.2 Å². The first kappa shape index (κ1) is 19.2. The highest BCUT2D eigenvalue weighted by molar-refractivity contribution is 6.39. The van der Waals surface area contributed by atoms with Crippen molar-refractivity contribution in [3.05, 3.63) is 48.2 Å². The smallest absolute Gasteiger partial charge is 0.313 e. The average molecular weight is 356 g/mol. The van der Waals surface area contributed by atoms with E-state index in [2.05, 4.69) is 15.6 Å². The Morgan fingerprint density at radius 2 is 1.81 bits per heavy atom. The van der Waals surface area contributed by atoms with Crippen LogP contribution in [-0.2, 0) is 9.59 Å². The van der Waals surface area contributed by atoms with Gasteiger partial charge in [-0.3, -0.25) is 9.59 Å². The highest BCUT2D eigenvalue weighted by Crippen LogP contribution is 2.20. The lowest BCUT2D eigenvalue weighted by molar-refractivity contribution is -0.136. The average Bonchev–Trinajstić information content (AvgIpc) is 2.66. The van der Waals surface area contributed by atoms with Gasteiger partial charge in [0.25, 0.3) is 0 Å². The molecule has 1 aromatic heterocycles. The summed E-state index contributed by atoms with van der Waals surface area (Å²) >= 11 is 0. The monoisotopic (exact) mass is 356 g/mol. The van der Waals surface area contributed by atoms with Gasteiger partial charge in [0.1, 0.15) is 11.6 Å². The maximum atomic E-state index is 12.2. The number of methoxy groups -OCH3 is 1. The predicted octanol–water partition coefficient (Wildman–Crippen LogP) is 2.36. The Balaban J connectivity index is 1.98. The molecule has 0 aliphatic heterocycles. The zero-order valence-corrected chi connectivity index (χ0v) is 15.4. The van der Waals surface area contributed by atoms with Gasteiger partial charge in [-0.2, -0.15) is 0 Å². The van der Waals surface area contributed by atoms with E-state index >= 15 is 0 Å². The van der Waals surface area contributed by atoms with Crippen molar-refractivity contribution in [2.75, 3.05) is 31.4 Å². The number of amides is 2. The minimum absolute atomic E-state index is 0.256. The topological polar surface area (TPSA) is 83.6 Å². The number of nitrogens with one attached hydrogen (secondary N) is 2. The molecule has 1 heterocycles. The van der Waals surface area contributed by atoms with Crippen LogP contribution in [0.3, 0.4) is 0 Å². The number of hydrogen-bond donors (Lipinski definition) is 2. The van der Waals surface area contributed by atoms with E-state index in [1.807, 2.05) is 50.2 Å². The number of hydrogen-bond acceptors (Lipinski definition) is 5. The molecule has 0 fully saturated rings. The van der Waals surface area contributed by atoms with Gasteiger partial charge in [0.2, 0.25) is 0 Å². The van der Waals surface area contributed by atoms with Crippen LogP contribution in [-0.4, -0.2) is 38.0 Å². The number of carbonyl (C=O) groups excluding carboxylic acids is 2. The predicted molar refractivity (Wildman–Crippen MR) is 101 cm³/mol. The minimum Gasteiger partial charge on any atom is -0.497 e. The lowest BCUT2D eigenvalue weighted by Gasteiger charge is -2.17. The van der Waals surface area contributed by atoms with Crippen molar-refractivity contribution in [2.45, 2.75) is 19.4 Å². The van der Waals surface area contributed by atoms with E-state index in [1.54, 1.807) is 19.2 Å². The van der Waals surface area contributed by atoms with Crippen molar-refractivity contribution in [3.8, 4) is 5.75 Å². The quantitative estimate of drug-likeness (QED) is 0.777. The molecule has 0 saturated heterocycles. The third kappa shape index (κ3) is 4.95. The Kier molecular flexibility index (Phi) is 6.54. The molecule has 1 aromatic carbocycles. The van der Waals surface area contributed by atoms with Gasteiger partial charge in [-0.1, -0.05) is 19.1 Å². The third-order valence-corrected chi connectivity index (χ3v) is 3.90. The summed E-state index contributed by atoms with van der Waals surface area (Å²) in [5, 5.41) is 5.30. The van der Waals surface area contributed by atoms with Gasteiger partial charge in [-0.15, -0.1) is 0 Å². The molecule has 2 N–H and O–H groups in total. The second-order valence-electron chi connectivity index (χ2n) is 5.96. The fourth-order valence-corrected chi connectivity index (χ4v) is 2.39. The zero-order valence-electron chi connectivity index (χ0n) is 15.4. The first-order valence-corrected chi connectivity index (χ1v) is 8.33. The molecule has 138 valence electrons. The number of carbonyl (C=O) groups is 2. The molecule has 7 heteroatoms. The van der Waals surface area contributed by atoms with Gasteiger partial charge in [-0.25, -0.2) is 4.98 Å². The standard InChI is InChI=1S/C19H24N4O3/c1-5-16(13-6-9-15(26-4)10-7-13)22-19(25)18(24)21-14-8-11-17(20-12-14)23(2)3/h6-12,16H,5H2,1-4H3,(H,21,24)(H,22,25)/t16-/m1/s1. The number of pyridine rings is 1. The summed E-state index contributed by atoms with van der Waals surface area (Å²) in [5.74, 6) is 0.0834. The Morgan fingerprint density at radius 1 is 1.12 bits per heavy atom. The van der Waals surface area contributed by atoms with Crippen LogP contribution in [0.25, 0.3) is 0 Å². The molecule has 0 aliphatic carbocycles. The summed E-state index contributed by atoms with van der Waals surface area (Å²) in [4.78, 5) is 30.4. The molecule has 0 spiro atoms. The van der Waals surface area contributed by atoms with Crippen LogP contribution < -0.4 is 20.3 Å². The number of benzene rings is 1. The normalized spacial score (nSPS) is 11.4. The van der Waals surface area contributed by atoms with E-state index in [4.69, 9.17) is 4.74 Å². The molecule has 1 atom stereocenters. The second-order valence-corrected chi connectivity index (χ2v) is 5.96. The third-order valence-electron chi connectivity index (χ3n) is 3.90. The van der Waals surface area contributed by atoms with Crippen molar-refractivity contribution < 1.29 is 14.3 Å². The number of nitrogens with zero attached hydrogens (tertiary/aromatic N) is 2. The van der Waals surface area contributed by atoms with Crippen molar-refractivity contribution in [2.24, 2.45) is 0 Å². The summed E-state index contributed by atoms with van der Waals surface area (Å²) in [7, 11) is 5.34. The maximum absolute atomic E-state index is 12.2.